The summed E-state index contributed by atoms with van der Waals surface area (Å²) in [5, 5.41) is 4.01. The molecule has 22 heavy (non-hydrogen) atoms. The Morgan fingerprint density at radius 3 is 2.32 bits per heavy atom. The first kappa shape index (κ1) is 16.1. The molecule has 0 N–H and O–H groups in total. The number of alkyl halides is 3. The van der Waals surface area contributed by atoms with Gasteiger partial charge in [0.1, 0.15) is 0 Å². The maximum absolute atomic E-state index is 12.5. The molecule has 0 atom stereocenters. The van der Waals surface area contributed by atoms with E-state index in [-0.39, 0.29) is 12.5 Å². The molecule has 7 heteroatoms. The molecule has 0 saturated heterocycles. The highest BCUT2D eigenvalue weighted by Crippen LogP contribution is 2.29. The molecule has 0 unspecified atom stereocenters. The number of benzene rings is 1. The third-order valence-electron chi connectivity index (χ3n) is 3.51. The lowest BCUT2D eigenvalue weighted by molar-refractivity contribution is -0.137. The van der Waals surface area contributed by atoms with E-state index < -0.39 is 11.7 Å². The summed E-state index contributed by atoms with van der Waals surface area (Å²) >= 11 is 0. The van der Waals surface area contributed by atoms with Gasteiger partial charge in [0, 0.05) is 26.3 Å². The fourth-order valence-corrected chi connectivity index (χ4v) is 2.06. The van der Waals surface area contributed by atoms with Crippen molar-refractivity contribution in [3.63, 3.8) is 0 Å². The number of hydrogen-bond acceptors (Lipinski definition) is 2. The van der Waals surface area contributed by atoms with Crippen molar-refractivity contribution in [1.82, 2.24) is 14.7 Å². The van der Waals surface area contributed by atoms with Gasteiger partial charge in [0.25, 0.3) is 5.91 Å². The van der Waals surface area contributed by atoms with Crippen molar-refractivity contribution in [2.45, 2.75) is 19.6 Å². The van der Waals surface area contributed by atoms with Crippen LogP contribution in [0.1, 0.15) is 27.2 Å². The zero-order chi connectivity index (χ0) is 16.5. The highest BCUT2D eigenvalue weighted by atomic mass is 19.4. The Hall–Kier alpha value is -2.31. The van der Waals surface area contributed by atoms with Crippen LogP contribution in [0.25, 0.3) is 0 Å². The molecular formula is C15H16F3N3O. The number of hydrogen-bond donors (Lipinski definition) is 0. The monoisotopic (exact) mass is 311 g/mol. The number of aromatic nitrogens is 2. The number of amides is 1. The predicted octanol–water partition coefficient (Wildman–Crippen LogP) is 3.02. The fraction of sp³-hybridized carbons (Fsp3) is 0.333. The number of halogens is 3. The van der Waals surface area contributed by atoms with Gasteiger partial charge in [-0.15, -0.1) is 0 Å². The SMILES string of the molecule is Cc1c(C(=O)N(C)Cc2ccc(C(F)(F)F)cc2)cnn1C. The van der Waals surface area contributed by atoms with Gasteiger partial charge in [0.2, 0.25) is 0 Å². The van der Waals surface area contributed by atoms with Gasteiger partial charge in [-0.3, -0.25) is 9.48 Å². The number of aryl methyl sites for hydroxylation is 1. The Bertz CT molecular complexity index is 674. The zero-order valence-electron chi connectivity index (χ0n) is 12.5. The smallest absolute Gasteiger partial charge is 0.337 e. The molecule has 0 saturated carbocycles. The summed E-state index contributed by atoms with van der Waals surface area (Å²) < 4.78 is 39.1. The lowest BCUT2D eigenvalue weighted by atomic mass is 10.1. The quantitative estimate of drug-likeness (QED) is 0.874. The minimum atomic E-state index is -4.35. The van der Waals surface area contributed by atoms with E-state index in [1.807, 2.05) is 0 Å². The fourth-order valence-electron chi connectivity index (χ4n) is 2.06. The maximum atomic E-state index is 12.5. The molecule has 4 nitrogen and oxygen atoms in total. The van der Waals surface area contributed by atoms with E-state index in [0.717, 1.165) is 17.8 Å². The van der Waals surface area contributed by atoms with Crippen molar-refractivity contribution in [3.05, 3.63) is 52.8 Å². The first-order chi connectivity index (χ1) is 10.2. The standard InChI is InChI=1S/C15H16F3N3O/c1-10-13(8-19-21(10)3)14(22)20(2)9-11-4-6-12(7-5-11)15(16,17)18/h4-8H,9H2,1-3H3. The van der Waals surface area contributed by atoms with Crippen LogP contribution in [0.15, 0.2) is 30.5 Å². The molecule has 0 fully saturated rings. The van der Waals surface area contributed by atoms with Crippen molar-refractivity contribution in [3.8, 4) is 0 Å². The number of carbonyl (C=O) groups is 1. The van der Waals surface area contributed by atoms with E-state index in [4.69, 9.17) is 0 Å². The lowest BCUT2D eigenvalue weighted by Crippen LogP contribution is -2.26. The van der Waals surface area contributed by atoms with Gasteiger partial charge >= 0.3 is 6.18 Å². The van der Waals surface area contributed by atoms with E-state index in [1.54, 1.807) is 25.7 Å². The summed E-state index contributed by atoms with van der Waals surface area (Å²) in [5.74, 6) is -0.217. The van der Waals surface area contributed by atoms with Crippen LogP contribution in [0.3, 0.4) is 0 Å². The summed E-state index contributed by atoms with van der Waals surface area (Å²) in [6, 6.07) is 4.79. The molecule has 2 rings (SSSR count). The minimum absolute atomic E-state index is 0.217. The molecular weight excluding hydrogens is 295 g/mol. The van der Waals surface area contributed by atoms with Crippen LogP contribution in [-0.2, 0) is 19.8 Å². The van der Waals surface area contributed by atoms with Crippen molar-refractivity contribution in [2.24, 2.45) is 7.05 Å². The van der Waals surface area contributed by atoms with Gasteiger partial charge in [-0.1, -0.05) is 12.1 Å². The van der Waals surface area contributed by atoms with Crippen molar-refractivity contribution >= 4 is 5.91 Å². The predicted molar refractivity (Wildman–Crippen MR) is 75.2 cm³/mol. The summed E-state index contributed by atoms with van der Waals surface area (Å²) in [4.78, 5) is 13.8. The lowest BCUT2D eigenvalue weighted by Gasteiger charge is -2.17. The largest absolute Gasteiger partial charge is 0.416 e. The minimum Gasteiger partial charge on any atom is -0.337 e. The van der Waals surface area contributed by atoms with Crippen LogP contribution in [0.2, 0.25) is 0 Å². The van der Waals surface area contributed by atoms with E-state index >= 15 is 0 Å². The van der Waals surface area contributed by atoms with Gasteiger partial charge in [-0.05, 0) is 24.6 Å². The molecule has 0 aliphatic heterocycles. The highest BCUT2D eigenvalue weighted by molar-refractivity contribution is 5.94. The Labute approximate surface area is 126 Å². The molecule has 1 aromatic carbocycles. The molecule has 2 aromatic rings. The van der Waals surface area contributed by atoms with Crippen molar-refractivity contribution < 1.29 is 18.0 Å². The first-order valence-electron chi connectivity index (χ1n) is 6.60. The average molecular weight is 311 g/mol. The number of carbonyl (C=O) groups excluding carboxylic acids is 1. The molecule has 1 heterocycles. The van der Waals surface area contributed by atoms with Gasteiger partial charge in [0.05, 0.1) is 17.3 Å². The molecule has 1 aromatic heterocycles. The third-order valence-corrected chi connectivity index (χ3v) is 3.51. The summed E-state index contributed by atoms with van der Waals surface area (Å²) in [6.07, 6.45) is -2.87. The molecule has 1 amide bonds. The highest BCUT2D eigenvalue weighted by Gasteiger charge is 2.30. The number of rotatable bonds is 3. The van der Waals surface area contributed by atoms with Crippen LogP contribution >= 0.6 is 0 Å². The summed E-state index contributed by atoms with van der Waals surface area (Å²) in [7, 11) is 3.34. The Balaban J connectivity index is 2.10. The van der Waals surface area contributed by atoms with Crippen molar-refractivity contribution in [2.75, 3.05) is 7.05 Å². The topological polar surface area (TPSA) is 38.1 Å². The van der Waals surface area contributed by atoms with E-state index in [0.29, 0.717) is 11.1 Å². The normalized spacial score (nSPS) is 11.5. The maximum Gasteiger partial charge on any atom is 0.416 e. The van der Waals surface area contributed by atoms with Gasteiger partial charge in [-0.25, -0.2) is 0 Å². The summed E-state index contributed by atoms with van der Waals surface area (Å²) in [6.45, 7) is 2.01. The molecule has 0 aliphatic carbocycles. The molecule has 0 bridgehead atoms. The molecule has 0 spiro atoms. The van der Waals surface area contributed by atoms with Gasteiger partial charge in [-0.2, -0.15) is 18.3 Å². The Morgan fingerprint density at radius 2 is 1.86 bits per heavy atom. The second-order valence-electron chi connectivity index (χ2n) is 5.12. The second-order valence-corrected chi connectivity index (χ2v) is 5.12. The molecule has 0 radical (unpaired) electrons. The van der Waals surface area contributed by atoms with E-state index in [9.17, 15) is 18.0 Å². The van der Waals surface area contributed by atoms with Crippen LogP contribution < -0.4 is 0 Å². The summed E-state index contributed by atoms with van der Waals surface area (Å²) in [5.41, 5.74) is 1.15. The average Bonchev–Trinajstić information content (AvgIpc) is 2.78. The van der Waals surface area contributed by atoms with Crippen molar-refractivity contribution in [1.29, 1.82) is 0 Å². The Morgan fingerprint density at radius 1 is 1.27 bits per heavy atom. The molecule has 118 valence electrons. The Kier molecular flexibility index (Phi) is 4.25. The van der Waals surface area contributed by atoms with Gasteiger partial charge < -0.3 is 4.90 Å². The second kappa shape index (κ2) is 5.82. The third kappa shape index (κ3) is 3.29. The van der Waals surface area contributed by atoms with Crippen LogP contribution in [0.4, 0.5) is 13.2 Å². The van der Waals surface area contributed by atoms with E-state index in [2.05, 4.69) is 5.10 Å². The number of nitrogens with zero attached hydrogens (tertiary/aromatic N) is 3. The van der Waals surface area contributed by atoms with Crippen LogP contribution in [0.5, 0.6) is 0 Å². The van der Waals surface area contributed by atoms with Gasteiger partial charge in [0.15, 0.2) is 0 Å². The van der Waals surface area contributed by atoms with Crippen LogP contribution in [0, 0.1) is 6.92 Å². The van der Waals surface area contributed by atoms with E-state index in [1.165, 1.54) is 23.2 Å². The first-order valence-corrected chi connectivity index (χ1v) is 6.60. The van der Waals surface area contributed by atoms with Crippen LogP contribution in [-0.4, -0.2) is 27.6 Å². The molecule has 0 aliphatic rings. The zero-order valence-corrected chi connectivity index (χ0v) is 12.5.